The van der Waals surface area contributed by atoms with E-state index in [1.807, 2.05) is 0 Å². The first-order chi connectivity index (χ1) is 13.8. The molecule has 1 aromatic carbocycles. The summed E-state index contributed by atoms with van der Waals surface area (Å²) in [7, 11) is -3.67. The van der Waals surface area contributed by atoms with Crippen LogP contribution in [-0.2, 0) is 27.7 Å². The number of benzene rings is 1. The summed E-state index contributed by atoms with van der Waals surface area (Å²) in [6, 6.07) is 4.83. The molecular formula is C20H24FN3O3S2. The first-order valence-corrected chi connectivity index (χ1v) is 12.1. The number of thiazole rings is 1. The molecule has 1 N–H and O–H groups in total. The standard InChI is InChI=1S/C20H24FN3O3S2/c1-13-2-7-17-18(12-13)28-20(22-17)23-19(25)14-8-10-24(11-9-14)29(26,27)16-5-3-15(21)4-6-16/h3-6,13-14H,2,7-12H2,1H3,(H,22,23,25)/t13-/m0/s1. The van der Waals surface area contributed by atoms with Crippen molar-refractivity contribution in [2.45, 2.75) is 43.9 Å². The number of hydrogen-bond acceptors (Lipinski definition) is 5. The lowest BCUT2D eigenvalue weighted by Gasteiger charge is -2.30. The number of carbonyl (C=O) groups excluding carboxylic acids is 1. The van der Waals surface area contributed by atoms with Crippen LogP contribution in [0, 0.1) is 17.7 Å². The summed E-state index contributed by atoms with van der Waals surface area (Å²) in [5.74, 6) is -0.158. The van der Waals surface area contributed by atoms with Crippen LogP contribution in [-0.4, -0.2) is 36.7 Å². The van der Waals surface area contributed by atoms with Crippen molar-refractivity contribution >= 4 is 32.4 Å². The van der Waals surface area contributed by atoms with Gasteiger partial charge in [-0.2, -0.15) is 4.31 Å². The SMILES string of the molecule is C[C@H]1CCc2nc(NC(=O)C3CCN(S(=O)(=O)c4ccc(F)cc4)CC3)sc2C1. The van der Waals surface area contributed by atoms with Crippen LogP contribution in [0.5, 0.6) is 0 Å². The second kappa shape index (κ2) is 8.12. The second-order valence-electron chi connectivity index (χ2n) is 7.86. The maximum atomic E-state index is 13.1. The summed E-state index contributed by atoms with van der Waals surface area (Å²) in [5.41, 5.74) is 1.10. The fourth-order valence-electron chi connectivity index (χ4n) is 3.91. The molecule has 1 aliphatic heterocycles. The van der Waals surface area contributed by atoms with Crippen molar-refractivity contribution < 1.29 is 17.6 Å². The van der Waals surface area contributed by atoms with Crippen LogP contribution in [0.4, 0.5) is 9.52 Å². The molecule has 1 amide bonds. The number of rotatable bonds is 4. The van der Waals surface area contributed by atoms with E-state index in [2.05, 4.69) is 17.2 Å². The third kappa shape index (κ3) is 4.36. The molecule has 1 fully saturated rings. The number of halogens is 1. The van der Waals surface area contributed by atoms with Crippen LogP contribution < -0.4 is 5.32 Å². The molecule has 1 aliphatic carbocycles. The number of aryl methyl sites for hydroxylation is 1. The van der Waals surface area contributed by atoms with Gasteiger partial charge in [0.05, 0.1) is 10.6 Å². The van der Waals surface area contributed by atoms with Gasteiger partial charge in [0.2, 0.25) is 15.9 Å². The highest BCUT2D eigenvalue weighted by atomic mass is 32.2. The first-order valence-electron chi connectivity index (χ1n) is 9.88. The van der Waals surface area contributed by atoms with Crippen LogP contribution >= 0.6 is 11.3 Å². The van der Waals surface area contributed by atoms with Gasteiger partial charge in [0.25, 0.3) is 0 Å². The molecule has 2 heterocycles. The quantitative estimate of drug-likeness (QED) is 0.795. The lowest BCUT2D eigenvalue weighted by atomic mass is 9.93. The summed E-state index contributed by atoms with van der Waals surface area (Å²) in [4.78, 5) is 18.6. The van der Waals surface area contributed by atoms with Gasteiger partial charge in [-0.05, 0) is 62.3 Å². The van der Waals surface area contributed by atoms with Crippen molar-refractivity contribution in [3.8, 4) is 0 Å². The molecule has 1 aromatic heterocycles. The Hall–Kier alpha value is -1.84. The van der Waals surface area contributed by atoms with Gasteiger partial charge in [0, 0.05) is 23.9 Å². The van der Waals surface area contributed by atoms with Crippen molar-refractivity contribution in [3.05, 3.63) is 40.7 Å². The largest absolute Gasteiger partial charge is 0.302 e. The molecule has 2 aromatic rings. The number of amides is 1. The zero-order valence-electron chi connectivity index (χ0n) is 16.2. The molecular weight excluding hydrogens is 413 g/mol. The molecule has 0 unspecified atom stereocenters. The zero-order chi connectivity index (χ0) is 20.6. The predicted octanol–water partition coefficient (Wildman–Crippen LogP) is 3.45. The minimum atomic E-state index is -3.67. The molecule has 29 heavy (non-hydrogen) atoms. The van der Waals surface area contributed by atoms with E-state index in [0.717, 1.165) is 37.1 Å². The lowest BCUT2D eigenvalue weighted by Crippen LogP contribution is -2.41. The zero-order valence-corrected chi connectivity index (χ0v) is 17.9. The summed E-state index contributed by atoms with van der Waals surface area (Å²) in [6.07, 6.45) is 4.01. The molecule has 1 atom stereocenters. The van der Waals surface area contributed by atoms with Crippen LogP contribution in [0.1, 0.15) is 36.8 Å². The highest BCUT2D eigenvalue weighted by Crippen LogP contribution is 2.33. The summed E-state index contributed by atoms with van der Waals surface area (Å²) >= 11 is 1.55. The number of hydrogen-bond donors (Lipinski definition) is 1. The number of piperidine rings is 1. The van der Waals surface area contributed by atoms with Crippen molar-refractivity contribution in [3.63, 3.8) is 0 Å². The lowest BCUT2D eigenvalue weighted by molar-refractivity contribution is -0.120. The Balaban J connectivity index is 1.36. The molecule has 1 saturated heterocycles. The average molecular weight is 438 g/mol. The summed E-state index contributed by atoms with van der Waals surface area (Å²) in [6.45, 7) is 2.77. The third-order valence-electron chi connectivity index (χ3n) is 5.69. The van der Waals surface area contributed by atoms with Gasteiger partial charge in [-0.25, -0.2) is 17.8 Å². The first kappa shape index (κ1) is 20.4. The van der Waals surface area contributed by atoms with E-state index in [0.29, 0.717) is 23.9 Å². The van der Waals surface area contributed by atoms with Gasteiger partial charge in [-0.3, -0.25) is 4.79 Å². The Bertz CT molecular complexity index is 996. The predicted molar refractivity (Wildman–Crippen MR) is 110 cm³/mol. The molecule has 0 saturated carbocycles. The van der Waals surface area contributed by atoms with Gasteiger partial charge in [0.1, 0.15) is 5.82 Å². The molecule has 0 bridgehead atoms. The van der Waals surface area contributed by atoms with E-state index in [9.17, 15) is 17.6 Å². The maximum absolute atomic E-state index is 13.1. The normalized spacial score (nSPS) is 21.0. The Labute approximate surface area is 174 Å². The highest BCUT2D eigenvalue weighted by molar-refractivity contribution is 7.89. The molecule has 4 rings (SSSR count). The minimum Gasteiger partial charge on any atom is -0.302 e. The van der Waals surface area contributed by atoms with E-state index in [4.69, 9.17) is 0 Å². The minimum absolute atomic E-state index is 0.0735. The van der Waals surface area contributed by atoms with Crippen molar-refractivity contribution in [2.75, 3.05) is 18.4 Å². The topological polar surface area (TPSA) is 79.4 Å². The van der Waals surface area contributed by atoms with Crippen LogP contribution in [0.2, 0.25) is 0 Å². The van der Waals surface area contributed by atoms with Gasteiger partial charge in [-0.1, -0.05) is 6.92 Å². The number of carbonyl (C=O) groups is 1. The third-order valence-corrected chi connectivity index (χ3v) is 8.64. The number of fused-ring (bicyclic) bond motifs is 1. The fourth-order valence-corrected chi connectivity index (χ4v) is 6.56. The van der Waals surface area contributed by atoms with E-state index < -0.39 is 15.8 Å². The molecule has 2 aliphatic rings. The van der Waals surface area contributed by atoms with Gasteiger partial charge < -0.3 is 5.32 Å². The van der Waals surface area contributed by atoms with E-state index >= 15 is 0 Å². The Morgan fingerprint density at radius 2 is 1.90 bits per heavy atom. The van der Waals surface area contributed by atoms with E-state index in [1.165, 1.54) is 21.3 Å². The van der Waals surface area contributed by atoms with E-state index in [-0.39, 0.29) is 29.8 Å². The molecule has 0 radical (unpaired) electrons. The fraction of sp³-hybridized carbons (Fsp3) is 0.500. The monoisotopic (exact) mass is 437 g/mol. The maximum Gasteiger partial charge on any atom is 0.243 e. The molecule has 6 nitrogen and oxygen atoms in total. The summed E-state index contributed by atoms with van der Waals surface area (Å²) < 4.78 is 39.8. The molecule has 0 spiro atoms. The van der Waals surface area contributed by atoms with Crippen molar-refractivity contribution in [2.24, 2.45) is 11.8 Å². The summed E-state index contributed by atoms with van der Waals surface area (Å²) in [5, 5.41) is 3.58. The Kier molecular flexibility index (Phi) is 5.72. The van der Waals surface area contributed by atoms with Gasteiger partial charge >= 0.3 is 0 Å². The van der Waals surface area contributed by atoms with Crippen LogP contribution in [0.25, 0.3) is 0 Å². The van der Waals surface area contributed by atoms with Crippen molar-refractivity contribution in [1.29, 1.82) is 0 Å². The number of nitrogens with zero attached hydrogens (tertiary/aromatic N) is 2. The molecule has 9 heteroatoms. The van der Waals surface area contributed by atoms with Crippen LogP contribution in [0.15, 0.2) is 29.2 Å². The van der Waals surface area contributed by atoms with Crippen LogP contribution in [0.3, 0.4) is 0 Å². The Morgan fingerprint density at radius 1 is 1.21 bits per heavy atom. The molecule has 156 valence electrons. The van der Waals surface area contributed by atoms with Crippen molar-refractivity contribution in [1.82, 2.24) is 9.29 Å². The number of anilines is 1. The van der Waals surface area contributed by atoms with Gasteiger partial charge in [0.15, 0.2) is 5.13 Å². The number of aromatic nitrogens is 1. The highest BCUT2D eigenvalue weighted by Gasteiger charge is 2.32. The Morgan fingerprint density at radius 3 is 2.59 bits per heavy atom. The average Bonchev–Trinajstić information content (AvgIpc) is 3.09. The van der Waals surface area contributed by atoms with E-state index in [1.54, 1.807) is 11.3 Å². The smallest absolute Gasteiger partial charge is 0.243 e. The van der Waals surface area contributed by atoms with Gasteiger partial charge in [-0.15, -0.1) is 11.3 Å². The second-order valence-corrected chi connectivity index (χ2v) is 10.9. The number of sulfonamides is 1. The number of nitrogens with one attached hydrogen (secondary N) is 1.